The molecule has 1 aliphatic heterocycles. The molecule has 0 saturated carbocycles. The number of hydrogen-bond donors (Lipinski definition) is 2. The molecule has 1 saturated heterocycles. The van der Waals surface area contributed by atoms with Crippen molar-refractivity contribution in [3.63, 3.8) is 0 Å². The van der Waals surface area contributed by atoms with Gasteiger partial charge in [0.05, 0.1) is 0 Å². The molecule has 1 rings (SSSR count). The van der Waals surface area contributed by atoms with E-state index in [-0.39, 0.29) is 6.10 Å². The standard InChI is InChI=1S/C7H15N3O2/c1-10-4-2-6(3-5-10)12-7(11)9-8/h6H,2-5,8H2,1H3,(H,9,11). The quantitative estimate of drug-likeness (QED) is 0.324. The van der Waals surface area contributed by atoms with Crippen LogP contribution in [0, 0.1) is 0 Å². The minimum Gasteiger partial charge on any atom is -0.445 e. The van der Waals surface area contributed by atoms with E-state index < -0.39 is 6.09 Å². The zero-order chi connectivity index (χ0) is 8.97. The predicted molar refractivity (Wildman–Crippen MR) is 44.3 cm³/mol. The van der Waals surface area contributed by atoms with E-state index in [0.29, 0.717) is 0 Å². The lowest BCUT2D eigenvalue weighted by Crippen LogP contribution is -2.39. The molecule has 5 nitrogen and oxygen atoms in total. The summed E-state index contributed by atoms with van der Waals surface area (Å²) in [6.45, 7) is 1.95. The maximum Gasteiger partial charge on any atom is 0.421 e. The van der Waals surface area contributed by atoms with Gasteiger partial charge in [0.15, 0.2) is 0 Å². The second-order valence-electron chi connectivity index (χ2n) is 3.05. The number of ether oxygens (including phenoxy) is 1. The first-order chi connectivity index (χ1) is 5.72. The van der Waals surface area contributed by atoms with Crippen LogP contribution in [0.25, 0.3) is 0 Å². The Balaban J connectivity index is 2.21. The lowest BCUT2D eigenvalue weighted by molar-refractivity contribution is 0.0572. The molecule has 0 spiro atoms. The molecule has 0 aromatic heterocycles. The van der Waals surface area contributed by atoms with Gasteiger partial charge in [-0.05, 0) is 19.9 Å². The average Bonchev–Trinajstić information content (AvgIpc) is 2.09. The molecule has 0 aromatic carbocycles. The topological polar surface area (TPSA) is 67.6 Å². The minimum absolute atomic E-state index is 0.0322. The van der Waals surface area contributed by atoms with E-state index in [0.717, 1.165) is 25.9 Å². The maximum atomic E-state index is 10.7. The summed E-state index contributed by atoms with van der Waals surface area (Å²) in [6.07, 6.45) is 1.28. The van der Waals surface area contributed by atoms with Crippen LogP contribution in [0.15, 0.2) is 0 Å². The summed E-state index contributed by atoms with van der Waals surface area (Å²) < 4.78 is 4.99. The number of hydrogen-bond acceptors (Lipinski definition) is 4. The molecule has 1 aliphatic rings. The zero-order valence-electron chi connectivity index (χ0n) is 7.25. The smallest absolute Gasteiger partial charge is 0.421 e. The fourth-order valence-corrected chi connectivity index (χ4v) is 1.29. The molecule has 0 aliphatic carbocycles. The van der Waals surface area contributed by atoms with Crippen molar-refractivity contribution in [2.24, 2.45) is 5.84 Å². The molecule has 0 bridgehead atoms. The van der Waals surface area contributed by atoms with Crippen LogP contribution in [0.5, 0.6) is 0 Å². The Morgan fingerprint density at radius 2 is 2.17 bits per heavy atom. The number of hydrazine groups is 1. The number of rotatable bonds is 1. The summed E-state index contributed by atoms with van der Waals surface area (Å²) in [6, 6.07) is 0. The molecule has 0 atom stereocenters. The van der Waals surface area contributed by atoms with Gasteiger partial charge in [-0.3, -0.25) is 5.43 Å². The van der Waals surface area contributed by atoms with E-state index in [1.165, 1.54) is 0 Å². The fourth-order valence-electron chi connectivity index (χ4n) is 1.29. The molecule has 0 unspecified atom stereocenters. The number of nitrogens with one attached hydrogen (secondary N) is 1. The number of carbonyl (C=O) groups excluding carboxylic acids is 1. The van der Waals surface area contributed by atoms with Gasteiger partial charge in [0.1, 0.15) is 6.10 Å². The summed E-state index contributed by atoms with van der Waals surface area (Å²) in [5, 5.41) is 0. The molecule has 70 valence electrons. The monoisotopic (exact) mass is 173 g/mol. The van der Waals surface area contributed by atoms with Crippen LogP contribution in [-0.4, -0.2) is 37.2 Å². The number of nitrogens with two attached hydrogens (primary N) is 1. The van der Waals surface area contributed by atoms with Crippen LogP contribution in [0.3, 0.4) is 0 Å². The van der Waals surface area contributed by atoms with Crippen molar-refractivity contribution in [1.29, 1.82) is 0 Å². The summed E-state index contributed by atoms with van der Waals surface area (Å²) in [5.74, 6) is 4.88. The number of nitrogens with zero attached hydrogens (tertiary/aromatic N) is 1. The molecule has 0 radical (unpaired) electrons. The van der Waals surface area contributed by atoms with E-state index in [1.807, 2.05) is 5.43 Å². The summed E-state index contributed by atoms with van der Waals surface area (Å²) in [4.78, 5) is 12.9. The Labute approximate surface area is 71.8 Å². The fraction of sp³-hybridized carbons (Fsp3) is 0.857. The highest BCUT2D eigenvalue weighted by Crippen LogP contribution is 2.11. The molecule has 5 heteroatoms. The Hall–Kier alpha value is -0.810. The van der Waals surface area contributed by atoms with Gasteiger partial charge in [-0.1, -0.05) is 0 Å². The summed E-state index contributed by atoms with van der Waals surface area (Å²) >= 11 is 0. The first-order valence-electron chi connectivity index (χ1n) is 4.08. The number of likely N-dealkylation sites (tertiary alicyclic amines) is 1. The Kier molecular flexibility index (Phi) is 3.31. The van der Waals surface area contributed by atoms with E-state index in [1.54, 1.807) is 0 Å². The normalized spacial score (nSPS) is 20.5. The van der Waals surface area contributed by atoms with E-state index in [2.05, 4.69) is 11.9 Å². The summed E-state index contributed by atoms with van der Waals surface area (Å²) in [5.41, 5.74) is 1.95. The number of piperidine rings is 1. The molecular weight excluding hydrogens is 158 g/mol. The third-order valence-corrected chi connectivity index (χ3v) is 2.06. The van der Waals surface area contributed by atoms with Crippen LogP contribution >= 0.6 is 0 Å². The lowest BCUT2D eigenvalue weighted by Gasteiger charge is -2.28. The van der Waals surface area contributed by atoms with Crippen molar-refractivity contribution in [3.8, 4) is 0 Å². The second-order valence-corrected chi connectivity index (χ2v) is 3.05. The molecule has 12 heavy (non-hydrogen) atoms. The first kappa shape index (κ1) is 9.28. The average molecular weight is 173 g/mol. The van der Waals surface area contributed by atoms with Gasteiger partial charge in [0, 0.05) is 13.1 Å². The Morgan fingerprint density at radius 3 is 2.67 bits per heavy atom. The lowest BCUT2D eigenvalue weighted by atomic mass is 10.1. The molecule has 1 fully saturated rings. The summed E-state index contributed by atoms with van der Waals surface area (Å²) in [7, 11) is 2.05. The minimum atomic E-state index is -0.537. The third-order valence-electron chi connectivity index (χ3n) is 2.06. The Morgan fingerprint density at radius 1 is 1.58 bits per heavy atom. The van der Waals surface area contributed by atoms with Gasteiger partial charge in [-0.2, -0.15) is 0 Å². The van der Waals surface area contributed by atoms with Gasteiger partial charge < -0.3 is 9.64 Å². The van der Waals surface area contributed by atoms with Crippen LogP contribution in [0.1, 0.15) is 12.8 Å². The third kappa shape index (κ3) is 2.67. The van der Waals surface area contributed by atoms with E-state index >= 15 is 0 Å². The zero-order valence-corrected chi connectivity index (χ0v) is 7.25. The van der Waals surface area contributed by atoms with E-state index in [4.69, 9.17) is 10.6 Å². The van der Waals surface area contributed by atoms with Crippen molar-refractivity contribution in [2.75, 3.05) is 20.1 Å². The van der Waals surface area contributed by atoms with Crippen LogP contribution < -0.4 is 11.3 Å². The van der Waals surface area contributed by atoms with Crippen molar-refractivity contribution < 1.29 is 9.53 Å². The van der Waals surface area contributed by atoms with Crippen molar-refractivity contribution in [1.82, 2.24) is 10.3 Å². The van der Waals surface area contributed by atoms with Crippen molar-refractivity contribution in [2.45, 2.75) is 18.9 Å². The largest absolute Gasteiger partial charge is 0.445 e. The van der Waals surface area contributed by atoms with Crippen LogP contribution in [-0.2, 0) is 4.74 Å². The van der Waals surface area contributed by atoms with Crippen molar-refractivity contribution >= 4 is 6.09 Å². The van der Waals surface area contributed by atoms with Gasteiger partial charge in [0.2, 0.25) is 0 Å². The van der Waals surface area contributed by atoms with Crippen molar-refractivity contribution in [3.05, 3.63) is 0 Å². The maximum absolute atomic E-state index is 10.7. The van der Waals surface area contributed by atoms with Gasteiger partial charge in [0.25, 0.3) is 0 Å². The van der Waals surface area contributed by atoms with E-state index in [9.17, 15) is 4.79 Å². The van der Waals surface area contributed by atoms with Gasteiger partial charge >= 0.3 is 6.09 Å². The molecule has 1 amide bonds. The Bertz CT molecular complexity index is 155. The molecule has 0 aromatic rings. The highest BCUT2D eigenvalue weighted by molar-refractivity contribution is 5.66. The first-order valence-corrected chi connectivity index (χ1v) is 4.08. The molecule has 3 N–H and O–H groups in total. The SMILES string of the molecule is CN1CCC(OC(=O)NN)CC1. The van der Waals surface area contributed by atoms with Gasteiger partial charge in [-0.15, -0.1) is 0 Å². The highest BCUT2D eigenvalue weighted by atomic mass is 16.6. The van der Waals surface area contributed by atoms with Crippen LogP contribution in [0.4, 0.5) is 4.79 Å². The second kappa shape index (κ2) is 4.27. The molecule has 1 heterocycles. The highest BCUT2D eigenvalue weighted by Gasteiger charge is 2.19. The predicted octanol–water partition coefficient (Wildman–Crippen LogP) is -0.319. The molecular formula is C7H15N3O2. The number of amides is 1. The number of carbonyl (C=O) groups is 1. The van der Waals surface area contributed by atoms with Crippen LogP contribution in [0.2, 0.25) is 0 Å². The van der Waals surface area contributed by atoms with Gasteiger partial charge in [-0.25, -0.2) is 10.6 Å².